The van der Waals surface area contributed by atoms with Gasteiger partial charge in [0.1, 0.15) is 12.2 Å². The average Bonchev–Trinajstić information content (AvgIpc) is 3.38. The quantitative estimate of drug-likeness (QED) is 0.344. The number of halogens is 3. The van der Waals surface area contributed by atoms with E-state index in [4.69, 9.17) is 4.84 Å². The number of fused-ring (bicyclic) bond motifs is 1. The summed E-state index contributed by atoms with van der Waals surface area (Å²) in [5.74, 6) is -0.864. The van der Waals surface area contributed by atoms with E-state index >= 15 is 0 Å². The Balaban J connectivity index is 1.38. The SMILES string of the molecule is CC(=O)ON(C(=O)NCC(F)(F)F)c1cccc(-c2cnc3cc(-c4ccc(N5CCN(C)CC5)cc4)ccn23)c1. The largest absolute Gasteiger partial charge is 0.405 e. The molecule has 0 spiro atoms. The van der Waals surface area contributed by atoms with Crippen molar-refractivity contribution in [1.82, 2.24) is 19.6 Å². The van der Waals surface area contributed by atoms with E-state index < -0.39 is 24.7 Å². The maximum atomic E-state index is 12.6. The maximum Gasteiger partial charge on any atom is 0.405 e. The van der Waals surface area contributed by atoms with Gasteiger partial charge in [-0.2, -0.15) is 13.2 Å². The number of hydrogen-bond donors (Lipinski definition) is 1. The van der Waals surface area contributed by atoms with Crippen LogP contribution >= 0.6 is 0 Å². The van der Waals surface area contributed by atoms with Crippen molar-refractivity contribution in [3.8, 4) is 22.4 Å². The Bertz CT molecular complexity index is 1550. The number of imidazole rings is 1. The van der Waals surface area contributed by atoms with Crippen LogP contribution < -0.4 is 15.3 Å². The second-order valence-electron chi connectivity index (χ2n) is 9.83. The van der Waals surface area contributed by atoms with E-state index in [1.807, 2.05) is 22.7 Å². The number of hydrogen-bond acceptors (Lipinski definition) is 6. The van der Waals surface area contributed by atoms with Gasteiger partial charge < -0.3 is 20.0 Å². The lowest BCUT2D eigenvalue weighted by molar-refractivity contribution is -0.141. The lowest BCUT2D eigenvalue weighted by Gasteiger charge is -2.34. The third-order valence-electron chi connectivity index (χ3n) is 6.80. The number of carbonyl (C=O) groups excluding carboxylic acids is 2. The normalized spacial score (nSPS) is 14.2. The number of piperazine rings is 1. The molecule has 0 saturated carbocycles. The Kier molecular flexibility index (Phi) is 7.84. The van der Waals surface area contributed by atoms with Gasteiger partial charge in [-0.15, -0.1) is 5.06 Å². The smallest absolute Gasteiger partial charge is 0.369 e. The van der Waals surface area contributed by atoms with Crippen molar-refractivity contribution in [2.75, 3.05) is 49.7 Å². The van der Waals surface area contributed by atoms with Gasteiger partial charge in [0.05, 0.1) is 17.6 Å². The van der Waals surface area contributed by atoms with E-state index in [-0.39, 0.29) is 5.69 Å². The molecule has 2 aromatic heterocycles. The van der Waals surface area contributed by atoms with Crippen LogP contribution in [0.5, 0.6) is 0 Å². The number of benzene rings is 2. The van der Waals surface area contributed by atoms with Crippen molar-refractivity contribution in [2.24, 2.45) is 0 Å². The van der Waals surface area contributed by atoms with Gasteiger partial charge >= 0.3 is 18.2 Å². The second kappa shape index (κ2) is 11.5. The Morgan fingerprint density at radius 1 is 0.976 bits per heavy atom. The van der Waals surface area contributed by atoms with Gasteiger partial charge in [-0.25, -0.2) is 14.6 Å². The number of nitrogens with one attached hydrogen (secondary N) is 1. The number of alkyl halides is 3. The maximum absolute atomic E-state index is 12.6. The molecule has 1 fully saturated rings. The number of amides is 2. The molecular formula is C29H29F3N6O3. The lowest BCUT2D eigenvalue weighted by Crippen LogP contribution is -2.44. The molecule has 1 aliphatic rings. The van der Waals surface area contributed by atoms with Crippen LogP contribution in [0.1, 0.15) is 6.92 Å². The molecule has 41 heavy (non-hydrogen) atoms. The zero-order chi connectivity index (χ0) is 29.1. The minimum absolute atomic E-state index is 0.0735. The first kappa shape index (κ1) is 28.0. The monoisotopic (exact) mass is 566 g/mol. The second-order valence-corrected chi connectivity index (χ2v) is 9.83. The van der Waals surface area contributed by atoms with Crippen molar-refractivity contribution in [1.29, 1.82) is 0 Å². The molecule has 1 aliphatic heterocycles. The van der Waals surface area contributed by atoms with Crippen LogP contribution in [0, 0.1) is 0 Å². The fourth-order valence-corrected chi connectivity index (χ4v) is 4.68. The first-order valence-electron chi connectivity index (χ1n) is 13.0. The molecule has 1 saturated heterocycles. The van der Waals surface area contributed by atoms with Gasteiger partial charge in [-0.05, 0) is 54.6 Å². The average molecular weight is 567 g/mol. The van der Waals surface area contributed by atoms with E-state index in [1.54, 1.807) is 23.6 Å². The molecule has 4 aromatic rings. The summed E-state index contributed by atoms with van der Waals surface area (Å²) in [6, 6.07) is 17.5. The summed E-state index contributed by atoms with van der Waals surface area (Å²) in [6.07, 6.45) is -1.08. The van der Waals surface area contributed by atoms with E-state index in [0.717, 1.165) is 44.2 Å². The van der Waals surface area contributed by atoms with Gasteiger partial charge in [0.2, 0.25) is 0 Å². The van der Waals surface area contributed by atoms with Crippen LogP contribution in [0.3, 0.4) is 0 Å². The number of rotatable bonds is 5. The first-order chi connectivity index (χ1) is 19.6. The number of aromatic nitrogens is 2. The number of hydroxylamine groups is 1. The molecule has 0 atom stereocenters. The summed E-state index contributed by atoms with van der Waals surface area (Å²) in [5.41, 5.74) is 5.29. The topological polar surface area (TPSA) is 82.4 Å². The highest BCUT2D eigenvalue weighted by Crippen LogP contribution is 2.29. The summed E-state index contributed by atoms with van der Waals surface area (Å²) < 4.78 is 39.8. The van der Waals surface area contributed by atoms with Crippen LogP contribution in [0.2, 0.25) is 0 Å². The molecule has 0 aliphatic carbocycles. The molecule has 0 radical (unpaired) electrons. The molecule has 9 nitrogen and oxygen atoms in total. The highest BCUT2D eigenvalue weighted by atomic mass is 19.4. The molecule has 0 unspecified atom stereocenters. The summed E-state index contributed by atoms with van der Waals surface area (Å²) in [7, 11) is 2.13. The van der Waals surface area contributed by atoms with Crippen molar-refractivity contribution in [3.05, 3.63) is 73.1 Å². The Hall–Kier alpha value is -4.58. The minimum atomic E-state index is -4.62. The molecule has 214 valence electrons. The van der Waals surface area contributed by atoms with Gasteiger partial charge in [0, 0.05) is 50.6 Å². The number of pyridine rings is 1. The van der Waals surface area contributed by atoms with E-state index in [2.05, 4.69) is 46.1 Å². The molecular weight excluding hydrogens is 537 g/mol. The highest BCUT2D eigenvalue weighted by molar-refractivity contribution is 5.92. The van der Waals surface area contributed by atoms with Gasteiger partial charge in [0.25, 0.3) is 0 Å². The summed E-state index contributed by atoms with van der Waals surface area (Å²) in [6.45, 7) is 3.55. The molecule has 0 bridgehead atoms. The third-order valence-corrected chi connectivity index (χ3v) is 6.80. The van der Waals surface area contributed by atoms with Gasteiger partial charge in [-0.1, -0.05) is 24.3 Å². The number of carbonyl (C=O) groups is 2. The summed E-state index contributed by atoms with van der Waals surface area (Å²) >= 11 is 0. The van der Waals surface area contributed by atoms with Crippen LogP contribution in [0.4, 0.5) is 29.3 Å². The van der Waals surface area contributed by atoms with Crippen molar-refractivity contribution in [2.45, 2.75) is 13.1 Å². The predicted octanol–water partition coefficient (Wildman–Crippen LogP) is 4.98. The van der Waals surface area contributed by atoms with Gasteiger partial charge in [0.15, 0.2) is 0 Å². The van der Waals surface area contributed by atoms with E-state index in [1.165, 1.54) is 17.8 Å². The van der Waals surface area contributed by atoms with Crippen molar-refractivity contribution in [3.63, 3.8) is 0 Å². The zero-order valence-electron chi connectivity index (χ0n) is 22.6. The predicted molar refractivity (Wildman–Crippen MR) is 149 cm³/mol. The minimum Gasteiger partial charge on any atom is -0.369 e. The van der Waals surface area contributed by atoms with Gasteiger partial charge in [-0.3, -0.25) is 4.40 Å². The van der Waals surface area contributed by atoms with E-state index in [9.17, 15) is 22.8 Å². The van der Waals surface area contributed by atoms with Crippen LogP contribution in [0.25, 0.3) is 28.0 Å². The summed E-state index contributed by atoms with van der Waals surface area (Å²) in [5, 5.41) is 2.22. The fraction of sp³-hybridized carbons (Fsp3) is 0.276. The fourth-order valence-electron chi connectivity index (χ4n) is 4.68. The Morgan fingerprint density at radius 2 is 1.71 bits per heavy atom. The Morgan fingerprint density at radius 3 is 2.39 bits per heavy atom. The standard InChI is InChI=1S/C29H29F3N6O3/c1-20(39)41-38(28(40)34-19-29(30,31)32)25-5-3-4-23(16-25)26-18-33-27-17-22(10-11-37(26)27)21-6-8-24(9-7-21)36-14-12-35(2)13-15-36/h3-11,16-18H,12-15,19H2,1-2H3,(H,34,40). The van der Waals surface area contributed by atoms with Crippen LogP contribution in [-0.2, 0) is 9.63 Å². The van der Waals surface area contributed by atoms with Crippen LogP contribution in [0.15, 0.2) is 73.1 Å². The Labute approximate surface area is 234 Å². The molecule has 2 aromatic carbocycles. The van der Waals surface area contributed by atoms with Crippen molar-refractivity contribution >= 4 is 29.0 Å². The molecule has 12 heteroatoms. The third kappa shape index (κ3) is 6.60. The molecule has 2 amide bonds. The number of likely N-dealkylation sites (N-methyl/N-ethyl adjacent to an activating group) is 1. The van der Waals surface area contributed by atoms with Crippen molar-refractivity contribution < 1.29 is 27.6 Å². The number of urea groups is 1. The first-order valence-corrected chi connectivity index (χ1v) is 13.0. The zero-order valence-corrected chi connectivity index (χ0v) is 22.6. The number of anilines is 2. The van der Waals surface area contributed by atoms with Crippen LogP contribution in [-0.4, -0.2) is 72.2 Å². The molecule has 5 rings (SSSR count). The highest BCUT2D eigenvalue weighted by Gasteiger charge is 2.30. The number of nitrogens with zero attached hydrogens (tertiary/aromatic N) is 5. The summed E-state index contributed by atoms with van der Waals surface area (Å²) in [4.78, 5) is 38.2. The van der Waals surface area contributed by atoms with E-state index in [0.29, 0.717) is 22.0 Å². The molecule has 3 heterocycles. The lowest BCUT2D eigenvalue weighted by atomic mass is 10.1. The molecule has 1 N–H and O–H groups in total.